The van der Waals surface area contributed by atoms with Gasteiger partial charge in [-0.05, 0) is 18.1 Å². The van der Waals surface area contributed by atoms with Gasteiger partial charge in [0.15, 0.2) is 0 Å². The molecule has 2 rings (SSSR count). The van der Waals surface area contributed by atoms with Crippen LogP contribution in [0.25, 0.3) is 10.9 Å². The molecule has 0 saturated carbocycles. The third kappa shape index (κ3) is 4.51. The van der Waals surface area contributed by atoms with Crippen LogP contribution >= 0.6 is 0 Å². The van der Waals surface area contributed by atoms with Crippen LogP contribution in [0.4, 0.5) is 0 Å². The molecular formula is C15H27N3. The number of aromatic amines is 1. The summed E-state index contributed by atoms with van der Waals surface area (Å²) in [4.78, 5) is 3.22. The molecule has 1 heterocycles. The van der Waals surface area contributed by atoms with E-state index in [9.17, 15) is 0 Å². The Morgan fingerprint density at radius 3 is 2.33 bits per heavy atom. The van der Waals surface area contributed by atoms with E-state index in [2.05, 4.69) is 17.1 Å². The molecule has 0 saturated heterocycles. The van der Waals surface area contributed by atoms with Gasteiger partial charge in [0, 0.05) is 29.7 Å². The molecule has 0 aliphatic heterocycles. The van der Waals surface area contributed by atoms with Crippen LogP contribution in [0.3, 0.4) is 0 Å². The molecule has 102 valence electrons. The van der Waals surface area contributed by atoms with Crippen LogP contribution < -0.4 is 11.5 Å². The van der Waals surface area contributed by atoms with Crippen molar-refractivity contribution in [2.75, 3.05) is 6.54 Å². The minimum Gasteiger partial charge on any atom is -0.361 e. The molecule has 0 bridgehead atoms. The third-order valence-electron chi connectivity index (χ3n) is 2.46. The van der Waals surface area contributed by atoms with Gasteiger partial charge in [0.05, 0.1) is 0 Å². The molecular weight excluding hydrogens is 222 g/mol. The standard InChI is InChI=1S/C11H15N3.2C2H6/c12-6-9(13)5-8-7-14-11-4-2-1-3-10(8)11;2*1-2/h1-4,7,9,14H,5-6,12-13H2;2*1-2H3. The molecule has 5 N–H and O–H groups in total. The van der Waals surface area contributed by atoms with Crippen molar-refractivity contribution >= 4 is 10.9 Å². The molecule has 18 heavy (non-hydrogen) atoms. The number of hydrogen-bond donors (Lipinski definition) is 3. The molecule has 1 atom stereocenters. The summed E-state index contributed by atoms with van der Waals surface area (Å²) in [7, 11) is 0. The van der Waals surface area contributed by atoms with E-state index in [-0.39, 0.29) is 6.04 Å². The first-order valence-corrected chi connectivity index (χ1v) is 6.82. The summed E-state index contributed by atoms with van der Waals surface area (Å²) >= 11 is 0. The lowest BCUT2D eigenvalue weighted by Gasteiger charge is -2.06. The SMILES string of the molecule is CC.CC.NCC(N)Cc1c[nH]c2ccccc12. The molecule has 0 amide bonds. The summed E-state index contributed by atoms with van der Waals surface area (Å²) in [6, 6.07) is 8.27. The highest BCUT2D eigenvalue weighted by Crippen LogP contribution is 2.18. The zero-order chi connectivity index (χ0) is 14.0. The van der Waals surface area contributed by atoms with Gasteiger partial charge < -0.3 is 16.5 Å². The lowest BCUT2D eigenvalue weighted by Crippen LogP contribution is -2.31. The number of rotatable bonds is 3. The molecule has 3 nitrogen and oxygen atoms in total. The number of hydrogen-bond acceptors (Lipinski definition) is 2. The Kier molecular flexibility index (Phi) is 8.97. The first-order chi connectivity index (χ1) is 8.81. The Morgan fingerprint density at radius 2 is 1.72 bits per heavy atom. The summed E-state index contributed by atoms with van der Waals surface area (Å²) in [5, 5.41) is 1.25. The van der Waals surface area contributed by atoms with Crippen molar-refractivity contribution in [3.05, 3.63) is 36.0 Å². The first-order valence-electron chi connectivity index (χ1n) is 6.82. The predicted octanol–water partition coefficient (Wildman–Crippen LogP) is 3.05. The molecule has 0 aliphatic rings. The predicted molar refractivity (Wildman–Crippen MR) is 81.7 cm³/mol. The van der Waals surface area contributed by atoms with Gasteiger partial charge in [-0.2, -0.15) is 0 Å². The van der Waals surface area contributed by atoms with Crippen molar-refractivity contribution in [3.63, 3.8) is 0 Å². The largest absolute Gasteiger partial charge is 0.361 e. The van der Waals surface area contributed by atoms with Crippen LogP contribution in [-0.4, -0.2) is 17.6 Å². The molecule has 1 unspecified atom stereocenters. The Hall–Kier alpha value is -1.32. The highest BCUT2D eigenvalue weighted by molar-refractivity contribution is 5.83. The minimum absolute atomic E-state index is 0.0502. The number of H-pyrrole nitrogens is 1. The summed E-state index contributed by atoms with van der Waals surface area (Å²) in [5.74, 6) is 0. The second-order valence-corrected chi connectivity index (χ2v) is 3.56. The van der Waals surface area contributed by atoms with Gasteiger partial charge in [-0.3, -0.25) is 0 Å². The topological polar surface area (TPSA) is 67.8 Å². The van der Waals surface area contributed by atoms with E-state index in [1.54, 1.807) is 0 Å². The van der Waals surface area contributed by atoms with Gasteiger partial charge >= 0.3 is 0 Å². The summed E-state index contributed by atoms with van der Waals surface area (Å²) in [6.45, 7) is 8.53. The monoisotopic (exact) mass is 249 g/mol. The fraction of sp³-hybridized carbons (Fsp3) is 0.467. The third-order valence-corrected chi connectivity index (χ3v) is 2.46. The Balaban J connectivity index is 0.000000659. The molecule has 0 spiro atoms. The van der Waals surface area contributed by atoms with Gasteiger partial charge in [-0.1, -0.05) is 45.9 Å². The number of benzene rings is 1. The van der Waals surface area contributed by atoms with Crippen LogP contribution in [0, 0.1) is 0 Å². The van der Waals surface area contributed by atoms with Crippen LogP contribution in [0.1, 0.15) is 33.3 Å². The Labute approximate surface area is 111 Å². The van der Waals surface area contributed by atoms with E-state index in [0.717, 1.165) is 11.9 Å². The zero-order valence-corrected chi connectivity index (χ0v) is 12.0. The highest BCUT2D eigenvalue weighted by Gasteiger charge is 2.06. The van der Waals surface area contributed by atoms with Crippen molar-refractivity contribution in [1.29, 1.82) is 0 Å². The van der Waals surface area contributed by atoms with Crippen molar-refractivity contribution < 1.29 is 0 Å². The van der Waals surface area contributed by atoms with E-state index < -0.39 is 0 Å². The van der Waals surface area contributed by atoms with E-state index in [4.69, 9.17) is 11.5 Å². The van der Waals surface area contributed by atoms with E-state index >= 15 is 0 Å². The van der Waals surface area contributed by atoms with Gasteiger partial charge in [0.1, 0.15) is 0 Å². The van der Waals surface area contributed by atoms with E-state index in [1.807, 2.05) is 46.0 Å². The molecule has 2 aromatic rings. The van der Waals surface area contributed by atoms with E-state index in [1.165, 1.54) is 10.9 Å². The van der Waals surface area contributed by atoms with Crippen LogP contribution in [-0.2, 0) is 6.42 Å². The average molecular weight is 249 g/mol. The van der Waals surface area contributed by atoms with Crippen LogP contribution in [0.15, 0.2) is 30.5 Å². The number of nitrogens with one attached hydrogen (secondary N) is 1. The Morgan fingerprint density at radius 1 is 1.11 bits per heavy atom. The maximum atomic E-state index is 5.82. The second kappa shape index (κ2) is 9.68. The fourth-order valence-electron chi connectivity index (χ4n) is 1.67. The van der Waals surface area contributed by atoms with Gasteiger partial charge in [0.25, 0.3) is 0 Å². The molecule has 3 heteroatoms. The van der Waals surface area contributed by atoms with E-state index in [0.29, 0.717) is 6.54 Å². The maximum Gasteiger partial charge on any atom is 0.0456 e. The lowest BCUT2D eigenvalue weighted by atomic mass is 10.1. The number of aromatic nitrogens is 1. The van der Waals surface area contributed by atoms with Crippen molar-refractivity contribution in [2.45, 2.75) is 40.2 Å². The fourth-order valence-corrected chi connectivity index (χ4v) is 1.67. The van der Waals surface area contributed by atoms with Gasteiger partial charge in [-0.15, -0.1) is 0 Å². The summed E-state index contributed by atoms with van der Waals surface area (Å²) in [5.41, 5.74) is 13.7. The Bertz CT molecular complexity index is 420. The van der Waals surface area contributed by atoms with Gasteiger partial charge in [0.2, 0.25) is 0 Å². The zero-order valence-electron chi connectivity index (χ0n) is 12.0. The van der Waals surface area contributed by atoms with Gasteiger partial charge in [-0.25, -0.2) is 0 Å². The molecule has 0 fully saturated rings. The van der Waals surface area contributed by atoms with Crippen molar-refractivity contribution in [3.8, 4) is 0 Å². The van der Waals surface area contributed by atoms with Crippen molar-refractivity contribution in [1.82, 2.24) is 4.98 Å². The first kappa shape index (κ1) is 16.7. The molecule has 1 aromatic carbocycles. The normalized spacial score (nSPS) is 11.0. The number of para-hydroxylation sites is 1. The minimum atomic E-state index is 0.0502. The smallest absolute Gasteiger partial charge is 0.0456 e. The second-order valence-electron chi connectivity index (χ2n) is 3.56. The van der Waals surface area contributed by atoms with Crippen LogP contribution in [0.2, 0.25) is 0 Å². The van der Waals surface area contributed by atoms with Crippen molar-refractivity contribution in [2.24, 2.45) is 11.5 Å². The number of fused-ring (bicyclic) bond motifs is 1. The molecule has 0 radical (unpaired) electrons. The summed E-state index contributed by atoms with van der Waals surface area (Å²) < 4.78 is 0. The quantitative estimate of drug-likeness (QED) is 0.782. The number of nitrogens with two attached hydrogens (primary N) is 2. The maximum absolute atomic E-state index is 5.82. The average Bonchev–Trinajstić information content (AvgIpc) is 2.86. The highest BCUT2D eigenvalue weighted by atomic mass is 14.7. The molecule has 0 aliphatic carbocycles. The van der Waals surface area contributed by atoms with Crippen LogP contribution in [0.5, 0.6) is 0 Å². The molecule has 1 aromatic heterocycles. The summed E-state index contributed by atoms with van der Waals surface area (Å²) in [6.07, 6.45) is 2.85. The lowest BCUT2D eigenvalue weighted by molar-refractivity contribution is 0.681.